The van der Waals surface area contributed by atoms with Crippen molar-refractivity contribution in [3.8, 4) is 5.75 Å². The van der Waals surface area contributed by atoms with Gasteiger partial charge in [0.2, 0.25) is 23.6 Å². The smallest absolute Gasteiger partial charge is 0.408 e. The summed E-state index contributed by atoms with van der Waals surface area (Å²) in [5.41, 5.74) is 10.7. The summed E-state index contributed by atoms with van der Waals surface area (Å²) in [5, 5.41) is 18.5. The average Bonchev–Trinajstić information content (AvgIpc) is 3.54. The van der Waals surface area contributed by atoms with E-state index in [0.29, 0.717) is 12.8 Å². The number of primary amides is 1. The molecule has 1 fully saturated rings. The van der Waals surface area contributed by atoms with Gasteiger partial charge in [-0.1, -0.05) is 59.7 Å². The average molecular weight is 728 g/mol. The van der Waals surface area contributed by atoms with Gasteiger partial charge in [-0.15, -0.1) is 0 Å². The second kappa shape index (κ2) is 17.4. The molecule has 0 saturated carbocycles. The monoisotopic (exact) mass is 727 g/mol. The number of phenolic OH excluding ortho intramolecular Hbond substituents is 1. The molecule has 0 radical (unpaired) electrons. The summed E-state index contributed by atoms with van der Waals surface area (Å²) in [6.45, 7) is 12.9. The maximum atomic E-state index is 14.3. The van der Waals surface area contributed by atoms with Gasteiger partial charge in [-0.2, -0.15) is 0 Å². The molecule has 1 aliphatic rings. The van der Waals surface area contributed by atoms with Gasteiger partial charge in [-0.05, 0) is 101 Å². The molecule has 1 saturated heterocycles. The second-order valence-corrected chi connectivity index (χ2v) is 15.1. The molecule has 0 aromatic heterocycles. The predicted molar refractivity (Wildman–Crippen MR) is 202 cm³/mol. The number of rotatable bonds is 13. The minimum Gasteiger partial charge on any atom is -0.508 e. The molecule has 0 bridgehead atoms. The van der Waals surface area contributed by atoms with E-state index < -0.39 is 59.5 Å². The molecule has 6 N–H and O–H groups in total. The van der Waals surface area contributed by atoms with Crippen LogP contribution in [0.25, 0.3) is 0 Å². The molecule has 4 atom stereocenters. The quantitative estimate of drug-likeness (QED) is 0.177. The molecular formula is C41H53N5O7. The molecule has 284 valence electrons. The SMILES string of the molecule is Cc1cc(C)cc(C[C@H](NC(=O)[C@@H]2CCCN2C(=O)[C@H](Cc2c(C)cc(O)cc2C)NC(=O)OC(C)(C)C)C(=O)N[C@@H](Cc2ccccc2)C(N)=O)c1. The first kappa shape index (κ1) is 40.4. The fraction of sp³-hybridized carbons (Fsp3) is 0.439. The van der Waals surface area contributed by atoms with Crippen LogP contribution in [-0.4, -0.2) is 76.0 Å². The fourth-order valence-corrected chi connectivity index (χ4v) is 6.89. The third kappa shape index (κ3) is 11.6. The Morgan fingerprint density at radius 1 is 0.811 bits per heavy atom. The highest BCUT2D eigenvalue weighted by atomic mass is 16.6. The van der Waals surface area contributed by atoms with Gasteiger partial charge < -0.3 is 36.4 Å². The highest BCUT2D eigenvalue weighted by molar-refractivity contribution is 5.95. The Morgan fingerprint density at radius 2 is 1.42 bits per heavy atom. The first-order valence-electron chi connectivity index (χ1n) is 18.0. The van der Waals surface area contributed by atoms with E-state index in [1.807, 2.05) is 76.2 Å². The van der Waals surface area contributed by atoms with E-state index >= 15 is 0 Å². The molecule has 3 aromatic rings. The molecule has 1 heterocycles. The molecule has 5 amide bonds. The van der Waals surface area contributed by atoms with E-state index in [1.165, 1.54) is 4.90 Å². The zero-order valence-electron chi connectivity index (χ0n) is 31.7. The van der Waals surface area contributed by atoms with Gasteiger partial charge in [0.25, 0.3) is 0 Å². The van der Waals surface area contributed by atoms with E-state index in [4.69, 9.17) is 10.5 Å². The van der Waals surface area contributed by atoms with Crippen molar-refractivity contribution in [2.75, 3.05) is 6.54 Å². The first-order chi connectivity index (χ1) is 24.9. The number of ether oxygens (including phenoxy) is 1. The number of hydrogen-bond donors (Lipinski definition) is 5. The molecule has 12 nitrogen and oxygen atoms in total. The summed E-state index contributed by atoms with van der Waals surface area (Å²) in [6, 6.07) is 14.1. The lowest BCUT2D eigenvalue weighted by atomic mass is 9.95. The largest absolute Gasteiger partial charge is 0.508 e. The predicted octanol–water partition coefficient (Wildman–Crippen LogP) is 3.99. The molecule has 0 aliphatic carbocycles. The lowest BCUT2D eigenvalue weighted by Gasteiger charge is -2.31. The Morgan fingerprint density at radius 3 is 2.00 bits per heavy atom. The zero-order chi connectivity index (χ0) is 39.0. The van der Waals surface area contributed by atoms with Crippen molar-refractivity contribution in [2.45, 2.75) is 110 Å². The van der Waals surface area contributed by atoms with Crippen LogP contribution in [0.15, 0.2) is 60.7 Å². The topological polar surface area (TPSA) is 180 Å². The van der Waals surface area contributed by atoms with E-state index in [2.05, 4.69) is 16.0 Å². The summed E-state index contributed by atoms with van der Waals surface area (Å²) >= 11 is 0. The van der Waals surface area contributed by atoms with Crippen LogP contribution in [-0.2, 0) is 43.2 Å². The van der Waals surface area contributed by atoms with Crippen LogP contribution in [0.1, 0.15) is 72.6 Å². The number of aromatic hydroxyl groups is 1. The number of nitrogens with one attached hydrogen (secondary N) is 3. The number of carbonyl (C=O) groups is 5. The highest BCUT2D eigenvalue weighted by Crippen LogP contribution is 2.25. The number of amides is 5. The molecule has 0 spiro atoms. The summed E-state index contributed by atoms with van der Waals surface area (Å²) in [4.78, 5) is 69.3. The maximum Gasteiger partial charge on any atom is 0.408 e. The summed E-state index contributed by atoms with van der Waals surface area (Å²) in [5.74, 6) is -2.23. The fourth-order valence-electron chi connectivity index (χ4n) is 6.89. The number of benzene rings is 3. The summed E-state index contributed by atoms with van der Waals surface area (Å²) in [7, 11) is 0. The van der Waals surface area contributed by atoms with Crippen molar-refractivity contribution in [3.05, 3.63) is 99.6 Å². The van der Waals surface area contributed by atoms with Gasteiger partial charge in [0.1, 0.15) is 35.5 Å². The number of alkyl carbamates (subject to hydrolysis) is 1. The van der Waals surface area contributed by atoms with Gasteiger partial charge in [-0.25, -0.2) is 4.79 Å². The second-order valence-electron chi connectivity index (χ2n) is 15.1. The summed E-state index contributed by atoms with van der Waals surface area (Å²) < 4.78 is 5.49. The normalized spacial score (nSPS) is 15.9. The van der Waals surface area contributed by atoms with Crippen molar-refractivity contribution in [1.82, 2.24) is 20.9 Å². The van der Waals surface area contributed by atoms with Crippen molar-refractivity contribution in [2.24, 2.45) is 5.73 Å². The van der Waals surface area contributed by atoms with Crippen LogP contribution in [0, 0.1) is 27.7 Å². The van der Waals surface area contributed by atoms with Crippen molar-refractivity contribution in [3.63, 3.8) is 0 Å². The van der Waals surface area contributed by atoms with Gasteiger partial charge in [-0.3, -0.25) is 19.2 Å². The molecule has 53 heavy (non-hydrogen) atoms. The van der Waals surface area contributed by atoms with Gasteiger partial charge in [0, 0.05) is 25.8 Å². The Hall–Kier alpha value is -5.39. The van der Waals surface area contributed by atoms with Crippen molar-refractivity contribution in [1.29, 1.82) is 0 Å². The number of aryl methyl sites for hydroxylation is 4. The Bertz CT molecular complexity index is 1780. The first-order valence-corrected chi connectivity index (χ1v) is 18.0. The molecular weight excluding hydrogens is 674 g/mol. The number of hydrogen-bond acceptors (Lipinski definition) is 7. The van der Waals surface area contributed by atoms with Crippen molar-refractivity contribution >= 4 is 29.7 Å². The molecule has 4 rings (SSSR count). The van der Waals surface area contributed by atoms with Gasteiger partial charge in [0.05, 0.1) is 0 Å². The Kier molecular flexibility index (Phi) is 13.3. The Labute approximate surface area is 311 Å². The van der Waals surface area contributed by atoms with Crippen LogP contribution in [0.5, 0.6) is 5.75 Å². The van der Waals surface area contributed by atoms with E-state index in [9.17, 15) is 29.1 Å². The molecule has 1 aliphatic heterocycles. The number of nitrogens with zero attached hydrogens (tertiary/aromatic N) is 1. The van der Waals surface area contributed by atoms with Crippen LogP contribution in [0.4, 0.5) is 4.79 Å². The molecule has 12 heteroatoms. The maximum absolute atomic E-state index is 14.3. The van der Waals surface area contributed by atoms with Gasteiger partial charge >= 0.3 is 6.09 Å². The number of phenols is 1. The van der Waals surface area contributed by atoms with E-state index in [1.54, 1.807) is 32.9 Å². The zero-order valence-corrected chi connectivity index (χ0v) is 31.7. The Balaban J connectivity index is 1.60. The molecule has 0 unspecified atom stereocenters. The van der Waals surface area contributed by atoms with E-state index in [-0.39, 0.29) is 31.6 Å². The summed E-state index contributed by atoms with van der Waals surface area (Å²) in [6.07, 6.45) is 0.464. The standard InChI is InChI=1S/C41H53N5O7/c1-24-16-25(2)18-29(17-24)22-33(37(49)43-32(36(42)48)21-28-12-9-8-10-13-28)44-38(50)35-14-11-15-46(35)39(51)34(45-40(52)53-41(5,6)7)23-31-26(3)19-30(47)20-27(31)4/h8-10,12-13,16-20,32-35,47H,11,14-15,21-23H2,1-7H3,(H2,42,48)(H,43,49)(H,44,50)(H,45,52)/t32-,33-,34-,35-/m0/s1. The van der Waals surface area contributed by atoms with Crippen LogP contribution in [0.2, 0.25) is 0 Å². The van der Waals surface area contributed by atoms with Gasteiger partial charge in [0.15, 0.2) is 0 Å². The minimum atomic E-state index is -1.10. The van der Waals surface area contributed by atoms with Crippen molar-refractivity contribution < 1.29 is 33.8 Å². The number of carbonyl (C=O) groups excluding carboxylic acids is 5. The number of likely N-dealkylation sites (tertiary alicyclic amines) is 1. The van der Waals surface area contributed by atoms with Crippen LogP contribution < -0.4 is 21.7 Å². The lowest BCUT2D eigenvalue weighted by Crippen LogP contribution is -2.58. The third-order valence-electron chi connectivity index (χ3n) is 9.21. The van der Waals surface area contributed by atoms with Crippen LogP contribution in [0.3, 0.4) is 0 Å². The third-order valence-corrected chi connectivity index (χ3v) is 9.21. The highest BCUT2D eigenvalue weighted by Gasteiger charge is 2.40. The lowest BCUT2D eigenvalue weighted by molar-refractivity contribution is -0.141. The van der Waals surface area contributed by atoms with E-state index in [0.717, 1.165) is 38.9 Å². The minimum absolute atomic E-state index is 0.0876. The number of nitrogens with two attached hydrogens (primary N) is 1. The van der Waals surface area contributed by atoms with Crippen LogP contribution >= 0.6 is 0 Å². The molecule has 3 aromatic carbocycles.